The number of carbonyl (C=O) groups excluding carboxylic acids is 1. The predicted molar refractivity (Wildman–Crippen MR) is 87.2 cm³/mol. The van der Waals surface area contributed by atoms with Crippen molar-refractivity contribution in [1.82, 2.24) is 0 Å². The first kappa shape index (κ1) is 15.9. The van der Waals surface area contributed by atoms with E-state index in [2.05, 4.69) is 0 Å². The standard InChI is InChI=1S/C16H14BClO5/c1-21-15-4-3-9(5-12(15)16(19)22-2)11-7-13-10(6-14(11)18)8-23-17(13)20/h3-7,20H,8H2,1-2H3. The SMILES string of the molecule is COC(=O)c1cc(-c2cc3c(cc2Cl)COB3O)ccc1OC. The molecule has 2 aromatic rings. The molecule has 0 saturated carbocycles. The van der Waals surface area contributed by atoms with E-state index >= 15 is 0 Å². The summed E-state index contributed by atoms with van der Waals surface area (Å²) in [6.07, 6.45) is 0. The third-order valence-corrected chi connectivity index (χ3v) is 4.12. The molecule has 0 unspecified atom stereocenters. The van der Waals surface area contributed by atoms with Crippen molar-refractivity contribution in [3.63, 3.8) is 0 Å². The number of benzene rings is 2. The summed E-state index contributed by atoms with van der Waals surface area (Å²) in [5, 5.41) is 10.4. The third-order valence-electron chi connectivity index (χ3n) is 3.81. The Morgan fingerprint density at radius 3 is 2.78 bits per heavy atom. The molecule has 2 aromatic carbocycles. The van der Waals surface area contributed by atoms with Gasteiger partial charge in [0.05, 0.1) is 20.8 Å². The van der Waals surface area contributed by atoms with Crippen LogP contribution in [0.2, 0.25) is 5.02 Å². The average Bonchev–Trinajstić information content (AvgIpc) is 2.93. The van der Waals surface area contributed by atoms with Crippen molar-refractivity contribution < 1.29 is 23.9 Å². The number of ether oxygens (including phenoxy) is 2. The molecule has 0 fully saturated rings. The summed E-state index contributed by atoms with van der Waals surface area (Å²) in [6.45, 7) is 0.326. The van der Waals surface area contributed by atoms with Crippen LogP contribution in [0.15, 0.2) is 30.3 Å². The lowest BCUT2D eigenvalue weighted by Gasteiger charge is -2.12. The van der Waals surface area contributed by atoms with Gasteiger partial charge < -0.3 is 19.2 Å². The summed E-state index contributed by atoms with van der Waals surface area (Å²) in [7, 11) is 1.83. The van der Waals surface area contributed by atoms with Gasteiger partial charge >= 0.3 is 13.1 Å². The average molecular weight is 333 g/mol. The molecular formula is C16H14BClO5. The van der Waals surface area contributed by atoms with Crippen molar-refractivity contribution in [3.05, 3.63) is 46.5 Å². The van der Waals surface area contributed by atoms with E-state index in [1.54, 1.807) is 30.3 Å². The Bertz CT molecular complexity index is 777. The second kappa shape index (κ2) is 6.24. The lowest BCUT2D eigenvalue weighted by Crippen LogP contribution is -2.28. The molecule has 0 aliphatic carbocycles. The molecule has 5 nitrogen and oxygen atoms in total. The van der Waals surface area contributed by atoms with Crippen LogP contribution >= 0.6 is 11.6 Å². The van der Waals surface area contributed by atoms with Crippen LogP contribution in [-0.4, -0.2) is 32.3 Å². The number of hydrogen-bond donors (Lipinski definition) is 1. The lowest BCUT2D eigenvalue weighted by molar-refractivity contribution is 0.0597. The second-order valence-corrected chi connectivity index (χ2v) is 5.51. The van der Waals surface area contributed by atoms with Gasteiger partial charge in [0.2, 0.25) is 0 Å². The number of esters is 1. The molecule has 3 rings (SSSR count). The Labute approximate surface area is 138 Å². The molecule has 7 heteroatoms. The summed E-state index contributed by atoms with van der Waals surface area (Å²) < 4.78 is 15.2. The van der Waals surface area contributed by atoms with Gasteiger partial charge in [-0.1, -0.05) is 23.7 Å². The van der Waals surface area contributed by atoms with E-state index in [0.717, 1.165) is 11.1 Å². The quantitative estimate of drug-likeness (QED) is 0.688. The van der Waals surface area contributed by atoms with Crippen molar-refractivity contribution in [3.8, 4) is 16.9 Å². The number of carbonyl (C=O) groups is 1. The van der Waals surface area contributed by atoms with E-state index < -0.39 is 13.1 Å². The monoisotopic (exact) mass is 332 g/mol. The van der Waals surface area contributed by atoms with E-state index in [4.69, 9.17) is 25.7 Å². The molecule has 0 bridgehead atoms. The Kier molecular flexibility index (Phi) is 4.30. The van der Waals surface area contributed by atoms with Crippen molar-refractivity contribution >= 4 is 30.2 Å². The zero-order chi connectivity index (χ0) is 16.6. The van der Waals surface area contributed by atoms with E-state index in [1.165, 1.54) is 14.2 Å². The highest BCUT2D eigenvalue weighted by Crippen LogP contribution is 2.33. The highest BCUT2D eigenvalue weighted by Gasteiger charge is 2.28. The van der Waals surface area contributed by atoms with Crippen LogP contribution in [0.25, 0.3) is 11.1 Å². The Morgan fingerprint density at radius 1 is 1.30 bits per heavy atom. The maximum atomic E-state index is 11.9. The van der Waals surface area contributed by atoms with Crippen LogP contribution in [-0.2, 0) is 16.0 Å². The fourth-order valence-electron chi connectivity index (χ4n) is 2.61. The number of rotatable bonds is 3. The molecule has 1 N–H and O–H groups in total. The van der Waals surface area contributed by atoms with Crippen LogP contribution in [0, 0.1) is 0 Å². The molecule has 0 saturated heterocycles. The van der Waals surface area contributed by atoms with Gasteiger partial charge in [0.1, 0.15) is 11.3 Å². The second-order valence-electron chi connectivity index (χ2n) is 5.10. The summed E-state index contributed by atoms with van der Waals surface area (Å²) in [6, 6.07) is 8.67. The van der Waals surface area contributed by atoms with Crippen molar-refractivity contribution in [2.75, 3.05) is 14.2 Å². The van der Waals surface area contributed by atoms with Crippen LogP contribution < -0.4 is 10.2 Å². The Morgan fingerprint density at radius 2 is 2.09 bits per heavy atom. The van der Waals surface area contributed by atoms with Crippen LogP contribution in [0.1, 0.15) is 15.9 Å². The first-order valence-electron chi connectivity index (χ1n) is 6.94. The number of fused-ring (bicyclic) bond motifs is 1. The van der Waals surface area contributed by atoms with E-state index in [9.17, 15) is 9.82 Å². The molecule has 1 aliphatic heterocycles. The van der Waals surface area contributed by atoms with Crippen molar-refractivity contribution in [2.24, 2.45) is 0 Å². The molecule has 1 aliphatic rings. The van der Waals surface area contributed by atoms with Gasteiger partial charge in [0.25, 0.3) is 0 Å². The minimum atomic E-state index is -0.959. The minimum Gasteiger partial charge on any atom is -0.496 e. The van der Waals surface area contributed by atoms with Gasteiger partial charge in [-0.25, -0.2) is 4.79 Å². The number of hydrogen-bond acceptors (Lipinski definition) is 5. The third kappa shape index (κ3) is 2.81. The smallest absolute Gasteiger partial charge is 0.491 e. The van der Waals surface area contributed by atoms with Gasteiger partial charge in [-0.3, -0.25) is 0 Å². The fourth-order valence-corrected chi connectivity index (χ4v) is 2.91. The molecule has 1 heterocycles. The zero-order valence-electron chi connectivity index (χ0n) is 12.6. The van der Waals surface area contributed by atoms with E-state index in [0.29, 0.717) is 34.0 Å². The number of methoxy groups -OCH3 is 2. The Balaban J connectivity index is 2.12. The predicted octanol–water partition coefficient (Wildman–Crippen LogP) is 2.02. The van der Waals surface area contributed by atoms with Crippen molar-refractivity contribution in [1.29, 1.82) is 0 Å². The van der Waals surface area contributed by atoms with Gasteiger partial charge in [-0.2, -0.15) is 0 Å². The molecule has 0 spiro atoms. The maximum absolute atomic E-state index is 11.9. The summed E-state index contributed by atoms with van der Waals surface area (Å²) in [5.41, 5.74) is 3.26. The summed E-state index contributed by atoms with van der Waals surface area (Å²) in [5.74, 6) is -0.0781. The van der Waals surface area contributed by atoms with Gasteiger partial charge in [-0.05, 0) is 40.4 Å². The highest BCUT2D eigenvalue weighted by atomic mass is 35.5. The Hall–Kier alpha value is -2.02. The molecule has 0 aromatic heterocycles. The van der Waals surface area contributed by atoms with Crippen LogP contribution in [0.5, 0.6) is 5.75 Å². The lowest BCUT2D eigenvalue weighted by atomic mass is 9.78. The van der Waals surface area contributed by atoms with Crippen molar-refractivity contribution in [2.45, 2.75) is 6.61 Å². The van der Waals surface area contributed by atoms with E-state index in [1.807, 2.05) is 0 Å². The first-order chi connectivity index (χ1) is 11.0. The molecular weight excluding hydrogens is 318 g/mol. The first-order valence-corrected chi connectivity index (χ1v) is 7.31. The topological polar surface area (TPSA) is 65.0 Å². The molecule has 0 radical (unpaired) electrons. The maximum Gasteiger partial charge on any atom is 0.491 e. The highest BCUT2D eigenvalue weighted by molar-refractivity contribution is 6.61. The normalized spacial score (nSPS) is 13.0. The summed E-state index contributed by atoms with van der Waals surface area (Å²) in [4.78, 5) is 11.9. The van der Waals surface area contributed by atoms with Gasteiger partial charge in [0.15, 0.2) is 0 Å². The largest absolute Gasteiger partial charge is 0.496 e. The zero-order valence-corrected chi connectivity index (χ0v) is 13.4. The molecule has 118 valence electrons. The molecule has 0 atom stereocenters. The van der Waals surface area contributed by atoms with Gasteiger partial charge in [0, 0.05) is 5.02 Å². The summed E-state index contributed by atoms with van der Waals surface area (Å²) >= 11 is 6.34. The van der Waals surface area contributed by atoms with Crippen LogP contribution in [0.3, 0.4) is 0 Å². The van der Waals surface area contributed by atoms with Gasteiger partial charge in [-0.15, -0.1) is 0 Å². The molecule has 0 amide bonds. The minimum absolute atomic E-state index is 0.306. The fraction of sp³-hybridized carbons (Fsp3) is 0.188. The molecule has 23 heavy (non-hydrogen) atoms. The number of halogens is 1. The van der Waals surface area contributed by atoms with Crippen LogP contribution in [0.4, 0.5) is 0 Å². The van der Waals surface area contributed by atoms with E-state index in [-0.39, 0.29) is 0 Å².